The Morgan fingerprint density at radius 1 is 1.11 bits per heavy atom. The molecule has 46 heavy (non-hydrogen) atoms. The molecule has 0 radical (unpaired) electrons. The highest BCUT2D eigenvalue weighted by Crippen LogP contribution is 2.32. The van der Waals surface area contributed by atoms with Crippen molar-refractivity contribution in [3.63, 3.8) is 0 Å². The number of carbonyl (C=O) groups excluding carboxylic acids is 1. The fraction of sp³-hybridized carbons (Fsp3) is 0.375. The van der Waals surface area contributed by atoms with Gasteiger partial charge in [-0.2, -0.15) is 23.5 Å². The van der Waals surface area contributed by atoms with Crippen LogP contribution in [0.5, 0.6) is 0 Å². The van der Waals surface area contributed by atoms with Crippen LogP contribution in [0.25, 0.3) is 22.8 Å². The molecule has 0 saturated carbocycles. The molecule has 3 heterocycles. The van der Waals surface area contributed by atoms with Crippen LogP contribution in [0.15, 0.2) is 65.6 Å². The van der Waals surface area contributed by atoms with Crippen LogP contribution in [0.2, 0.25) is 0 Å². The van der Waals surface area contributed by atoms with E-state index in [4.69, 9.17) is 0 Å². The molecule has 2 aromatic heterocycles. The van der Waals surface area contributed by atoms with E-state index in [-0.39, 0.29) is 23.1 Å². The van der Waals surface area contributed by atoms with Crippen LogP contribution in [0.4, 0.5) is 18.0 Å². The predicted octanol–water partition coefficient (Wildman–Crippen LogP) is 4.27. The molecule has 0 bridgehead atoms. The zero-order valence-corrected chi connectivity index (χ0v) is 26.3. The molecule has 1 aliphatic heterocycles. The number of nitriles is 1. The molecule has 0 aliphatic carbocycles. The minimum absolute atomic E-state index is 0.0425. The van der Waals surface area contributed by atoms with Crippen molar-refractivity contribution in [2.75, 3.05) is 34.2 Å². The maximum atomic E-state index is 14.0. The number of nitrogens with zero attached hydrogens (tertiary/aromatic N) is 7. The van der Waals surface area contributed by atoms with E-state index in [0.29, 0.717) is 16.9 Å². The van der Waals surface area contributed by atoms with E-state index in [0.717, 1.165) is 51.7 Å². The Morgan fingerprint density at radius 3 is 2.41 bits per heavy atom. The number of quaternary nitrogens is 1. The summed E-state index contributed by atoms with van der Waals surface area (Å²) in [6, 6.07) is 14.1. The van der Waals surface area contributed by atoms with E-state index >= 15 is 0 Å². The van der Waals surface area contributed by atoms with Crippen molar-refractivity contribution in [2.24, 2.45) is 0 Å². The highest BCUT2D eigenvalue weighted by atomic mass is 19.4. The second-order valence-electron chi connectivity index (χ2n) is 12.2. The molecule has 2 N–H and O–H groups in total. The van der Waals surface area contributed by atoms with E-state index in [2.05, 4.69) is 36.0 Å². The third-order valence-electron chi connectivity index (χ3n) is 8.47. The molecule has 1 amide bonds. The van der Waals surface area contributed by atoms with Crippen molar-refractivity contribution < 1.29 is 22.4 Å². The number of carbonyl (C=O) groups is 1. The summed E-state index contributed by atoms with van der Waals surface area (Å²) in [5.41, 5.74) is 3.18. The summed E-state index contributed by atoms with van der Waals surface area (Å²) < 4.78 is 45.4. The number of hydrogen-bond acceptors (Lipinski definition) is 6. The summed E-state index contributed by atoms with van der Waals surface area (Å²) in [6.07, 6.45) is -1.80. The number of rotatable bonds is 7. The van der Waals surface area contributed by atoms with Crippen LogP contribution in [-0.4, -0.2) is 80.9 Å². The van der Waals surface area contributed by atoms with Crippen molar-refractivity contribution in [1.29, 1.82) is 5.26 Å². The van der Waals surface area contributed by atoms with E-state index in [1.165, 1.54) is 23.0 Å². The zero-order chi connectivity index (χ0) is 33.4. The van der Waals surface area contributed by atoms with Gasteiger partial charge in [-0.25, -0.2) is 29.3 Å². The molecule has 1 aliphatic rings. The SMILES string of the molecule is Cc1c(-c2ccnn2-c2ccc(C#N)cc2)n(C(=O)N[C@@H](C)NN(C)C2CC[N+](C)(C)CC2)c(=O)n1-c1cccc(C(F)(F)F)c1. The van der Waals surface area contributed by atoms with Gasteiger partial charge in [0.05, 0.1) is 79.5 Å². The van der Waals surface area contributed by atoms with E-state index < -0.39 is 29.6 Å². The zero-order valence-electron chi connectivity index (χ0n) is 26.3. The maximum Gasteiger partial charge on any atom is 0.416 e. The van der Waals surface area contributed by atoms with Crippen LogP contribution in [-0.2, 0) is 6.18 Å². The van der Waals surface area contributed by atoms with Gasteiger partial charge in [-0.05, 0) is 62.4 Å². The second-order valence-corrected chi connectivity index (χ2v) is 12.2. The van der Waals surface area contributed by atoms with Gasteiger partial charge < -0.3 is 9.80 Å². The third kappa shape index (κ3) is 6.62. The Morgan fingerprint density at radius 2 is 1.78 bits per heavy atom. The van der Waals surface area contributed by atoms with Crippen molar-refractivity contribution in [3.8, 4) is 28.8 Å². The fourth-order valence-electron chi connectivity index (χ4n) is 5.92. The number of piperidine rings is 1. The number of hydrazine groups is 1. The largest absolute Gasteiger partial charge is 0.416 e. The normalized spacial score (nSPS) is 15.9. The van der Waals surface area contributed by atoms with Gasteiger partial charge >= 0.3 is 17.9 Å². The molecular formula is C32H37F3N9O2+. The number of likely N-dealkylation sites (tertiary alicyclic amines) is 1. The molecule has 2 aromatic carbocycles. The molecule has 1 atom stereocenters. The number of imidazole rings is 1. The standard InChI is InChI=1S/C32H36F3N9O2/c1-21-29(28-13-16-37-43(28)26-11-9-23(20-36)10-12-26)42(31(46)41(21)27-8-6-7-24(19-27)32(33,34)35)30(45)38-22(2)39-40(3)25-14-17-44(4,5)18-15-25/h6-13,16,19,22,25,39H,14-15,17-18H2,1-5H3/p+1/t22-/m1/s1. The molecule has 11 nitrogen and oxygen atoms in total. The van der Waals surface area contributed by atoms with Crippen LogP contribution >= 0.6 is 0 Å². The quantitative estimate of drug-likeness (QED) is 0.178. The predicted molar refractivity (Wildman–Crippen MR) is 166 cm³/mol. The molecule has 1 fully saturated rings. The average Bonchev–Trinajstić information content (AvgIpc) is 3.58. The van der Waals surface area contributed by atoms with Gasteiger partial charge in [0, 0.05) is 25.9 Å². The van der Waals surface area contributed by atoms with Gasteiger partial charge in [0.1, 0.15) is 5.69 Å². The first-order valence-electron chi connectivity index (χ1n) is 14.9. The Labute approximate surface area is 264 Å². The Hall–Kier alpha value is -4.71. The molecule has 14 heteroatoms. The lowest BCUT2D eigenvalue weighted by molar-refractivity contribution is -0.895. The van der Waals surface area contributed by atoms with E-state index in [1.54, 1.807) is 44.2 Å². The fourth-order valence-corrected chi connectivity index (χ4v) is 5.92. The van der Waals surface area contributed by atoms with E-state index in [9.17, 15) is 28.0 Å². The van der Waals surface area contributed by atoms with Crippen LogP contribution in [0, 0.1) is 18.3 Å². The highest BCUT2D eigenvalue weighted by molar-refractivity contribution is 5.83. The maximum absolute atomic E-state index is 14.0. The number of halogens is 3. The van der Waals surface area contributed by atoms with Crippen LogP contribution in [0.3, 0.4) is 0 Å². The Bertz CT molecular complexity index is 1820. The van der Waals surface area contributed by atoms with Gasteiger partial charge in [-0.3, -0.25) is 4.57 Å². The smallest absolute Gasteiger partial charge is 0.328 e. The lowest BCUT2D eigenvalue weighted by atomic mass is 10.0. The molecule has 5 rings (SSSR count). The van der Waals surface area contributed by atoms with Gasteiger partial charge in [0.15, 0.2) is 0 Å². The molecular weight excluding hydrogens is 599 g/mol. The van der Waals surface area contributed by atoms with Gasteiger partial charge in [-0.1, -0.05) is 6.07 Å². The minimum atomic E-state index is -4.63. The second kappa shape index (κ2) is 12.6. The summed E-state index contributed by atoms with van der Waals surface area (Å²) in [7, 11) is 6.31. The number of alkyl halides is 3. The van der Waals surface area contributed by atoms with Gasteiger partial charge in [-0.15, -0.1) is 0 Å². The average molecular weight is 637 g/mol. The number of nitrogens with one attached hydrogen (secondary N) is 2. The summed E-state index contributed by atoms with van der Waals surface area (Å²) >= 11 is 0. The van der Waals surface area contributed by atoms with Crippen LogP contribution in [0.1, 0.15) is 36.6 Å². The minimum Gasteiger partial charge on any atom is -0.328 e. The molecule has 1 saturated heterocycles. The Kier molecular flexibility index (Phi) is 8.94. The Balaban J connectivity index is 1.55. The molecule has 4 aromatic rings. The van der Waals surface area contributed by atoms with Crippen molar-refractivity contribution in [1.82, 2.24) is 34.7 Å². The monoisotopic (exact) mass is 636 g/mol. The molecule has 0 spiro atoms. The topological polar surface area (TPSA) is 113 Å². The highest BCUT2D eigenvalue weighted by Gasteiger charge is 2.33. The lowest BCUT2D eigenvalue weighted by Crippen LogP contribution is -2.58. The number of amides is 1. The van der Waals surface area contributed by atoms with Crippen molar-refractivity contribution in [3.05, 3.63) is 88.1 Å². The molecule has 242 valence electrons. The number of aromatic nitrogens is 4. The first kappa shape index (κ1) is 32.7. The van der Waals surface area contributed by atoms with Crippen molar-refractivity contribution in [2.45, 2.75) is 45.1 Å². The summed E-state index contributed by atoms with van der Waals surface area (Å²) in [6.45, 7) is 5.35. The summed E-state index contributed by atoms with van der Waals surface area (Å²) in [5, 5.41) is 18.4. The first-order chi connectivity index (χ1) is 21.7. The summed E-state index contributed by atoms with van der Waals surface area (Å²) in [4.78, 5) is 28.0. The number of hydrogen-bond donors (Lipinski definition) is 2. The van der Waals surface area contributed by atoms with Gasteiger partial charge in [0.2, 0.25) is 0 Å². The van der Waals surface area contributed by atoms with E-state index in [1.807, 2.05) is 12.1 Å². The third-order valence-corrected chi connectivity index (χ3v) is 8.47. The van der Waals surface area contributed by atoms with Crippen molar-refractivity contribution >= 4 is 6.03 Å². The van der Waals surface area contributed by atoms with Crippen LogP contribution < -0.4 is 16.4 Å². The number of benzene rings is 2. The summed E-state index contributed by atoms with van der Waals surface area (Å²) in [5.74, 6) is 0. The molecule has 0 unspecified atom stereocenters. The first-order valence-corrected chi connectivity index (χ1v) is 14.9. The van der Waals surface area contributed by atoms with Gasteiger partial charge in [0.25, 0.3) is 0 Å². The lowest BCUT2D eigenvalue weighted by Gasteiger charge is -2.41.